The Hall–Kier alpha value is -1.92. The molecule has 6 nitrogen and oxygen atoms in total. The molecule has 0 amide bonds. The number of hydrogen-bond acceptors (Lipinski definition) is 5. The summed E-state index contributed by atoms with van der Waals surface area (Å²) in [5.41, 5.74) is 0.201. The summed E-state index contributed by atoms with van der Waals surface area (Å²) >= 11 is 5.94. The van der Waals surface area contributed by atoms with Crippen LogP contribution in [0, 0.1) is 6.92 Å². The van der Waals surface area contributed by atoms with Crippen molar-refractivity contribution in [3.8, 4) is 5.69 Å². The fraction of sp³-hybridized carbons (Fsp3) is 0.308. The van der Waals surface area contributed by atoms with E-state index < -0.39 is 5.69 Å². The van der Waals surface area contributed by atoms with Crippen molar-refractivity contribution in [3.63, 3.8) is 0 Å². The van der Waals surface area contributed by atoms with Crippen LogP contribution < -0.4 is 16.5 Å². The molecule has 1 aromatic carbocycles. The highest BCUT2D eigenvalue weighted by Crippen LogP contribution is 2.14. The Kier molecular flexibility index (Phi) is 4.36. The molecule has 2 N–H and O–H groups in total. The first-order valence-corrected chi connectivity index (χ1v) is 6.66. The molecular formula is C13H16ClN5O. The van der Waals surface area contributed by atoms with E-state index in [0.29, 0.717) is 23.1 Å². The lowest BCUT2D eigenvalue weighted by molar-refractivity contribution is 0.730. The van der Waals surface area contributed by atoms with Crippen LogP contribution in [0.2, 0.25) is 5.02 Å². The minimum absolute atomic E-state index is 0.229. The quantitative estimate of drug-likeness (QED) is 0.685. The van der Waals surface area contributed by atoms with E-state index >= 15 is 0 Å². The third-order valence-corrected chi connectivity index (χ3v) is 3.00. The first-order valence-electron chi connectivity index (χ1n) is 6.28. The van der Waals surface area contributed by atoms with Gasteiger partial charge in [-0.05, 0) is 31.5 Å². The average Bonchev–Trinajstić information content (AvgIpc) is 2.38. The Morgan fingerprint density at radius 3 is 2.75 bits per heavy atom. The summed E-state index contributed by atoms with van der Waals surface area (Å²) in [6, 6.07) is 6.97. The highest BCUT2D eigenvalue weighted by molar-refractivity contribution is 6.30. The molecule has 0 fully saturated rings. The molecule has 106 valence electrons. The maximum Gasteiger partial charge on any atom is 0.356 e. The number of halogens is 1. The maximum absolute atomic E-state index is 12.2. The Bertz CT molecular complexity index is 670. The van der Waals surface area contributed by atoms with Crippen LogP contribution in [0.5, 0.6) is 0 Å². The predicted octanol–water partition coefficient (Wildman–Crippen LogP) is 1.68. The summed E-state index contributed by atoms with van der Waals surface area (Å²) in [7, 11) is 0. The van der Waals surface area contributed by atoms with Crippen LogP contribution in [0.3, 0.4) is 0 Å². The second-order valence-corrected chi connectivity index (χ2v) is 4.80. The van der Waals surface area contributed by atoms with Gasteiger partial charge in [-0.25, -0.2) is 15.2 Å². The van der Waals surface area contributed by atoms with Crippen LogP contribution in [0.25, 0.3) is 5.69 Å². The van der Waals surface area contributed by atoms with Gasteiger partial charge in [0, 0.05) is 11.6 Å². The van der Waals surface area contributed by atoms with Crippen LogP contribution in [0.15, 0.2) is 29.1 Å². The Morgan fingerprint density at radius 1 is 1.40 bits per heavy atom. The maximum atomic E-state index is 12.2. The molecule has 0 aliphatic carbocycles. The number of nitrogens with two attached hydrogens (primary N) is 1. The standard InChI is InChI=1S/C13H16ClN5O/c1-3-7-18(15)12-16-9(2)19(13(20)17-12)11-6-4-5-10(14)8-11/h4-6,8H,3,7,15H2,1-2H3. The Labute approximate surface area is 121 Å². The monoisotopic (exact) mass is 293 g/mol. The third-order valence-electron chi connectivity index (χ3n) is 2.76. The highest BCUT2D eigenvalue weighted by atomic mass is 35.5. The van der Waals surface area contributed by atoms with Gasteiger partial charge in [-0.15, -0.1) is 0 Å². The average molecular weight is 294 g/mol. The van der Waals surface area contributed by atoms with Gasteiger partial charge < -0.3 is 0 Å². The van der Waals surface area contributed by atoms with Crippen LogP contribution in [0.1, 0.15) is 19.2 Å². The molecule has 7 heteroatoms. The van der Waals surface area contributed by atoms with Crippen LogP contribution in [0.4, 0.5) is 5.95 Å². The molecule has 2 aromatic rings. The number of nitrogens with zero attached hydrogens (tertiary/aromatic N) is 4. The van der Waals surface area contributed by atoms with Crippen molar-refractivity contribution >= 4 is 17.5 Å². The van der Waals surface area contributed by atoms with Crippen molar-refractivity contribution in [2.24, 2.45) is 5.84 Å². The minimum Gasteiger partial charge on any atom is -0.279 e. The third kappa shape index (κ3) is 2.97. The first-order chi connectivity index (χ1) is 9.52. The fourth-order valence-corrected chi connectivity index (χ4v) is 2.06. The van der Waals surface area contributed by atoms with Gasteiger partial charge in [0.1, 0.15) is 5.82 Å². The molecule has 1 heterocycles. The number of aromatic nitrogens is 3. The number of hydrazine groups is 1. The van der Waals surface area contributed by atoms with Gasteiger partial charge in [0.05, 0.1) is 5.69 Å². The molecule has 0 radical (unpaired) electrons. The van der Waals surface area contributed by atoms with Crippen LogP contribution in [-0.2, 0) is 0 Å². The van der Waals surface area contributed by atoms with Gasteiger partial charge in [-0.2, -0.15) is 9.97 Å². The zero-order chi connectivity index (χ0) is 14.7. The van der Waals surface area contributed by atoms with Gasteiger partial charge in [-0.3, -0.25) is 5.01 Å². The molecule has 0 spiro atoms. The van der Waals surface area contributed by atoms with Crippen molar-refractivity contribution in [1.29, 1.82) is 0 Å². The van der Waals surface area contributed by atoms with Gasteiger partial charge in [-0.1, -0.05) is 24.6 Å². The molecule has 0 aliphatic rings. The molecule has 0 saturated heterocycles. The lowest BCUT2D eigenvalue weighted by atomic mass is 10.3. The van der Waals surface area contributed by atoms with Gasteiger partial charge in [0.2, 0.25) is 5.95 Å². The summed E-state index contributed by atoms with van der Waals surface area (Å²) < 4.78 is 1.40. The van der Waals surface area contributed by atoms with Crippen molar-refractivity contribution in [3.05, 3.63) is 45.6 Å². The summed E-state index contributed by atoms with van der Waals surface area (Å²) in [5, 5.41) is 1.92. The molecule has 2 rings (SSSR count). The lowest BCUT2D eigenvalue weighted by Gasteiger charge is -2.17. The molecule has 0 saturated carbocycles. The van der Waals surface area contributed by atoms with Crippen molar-refractivity contribution in [2.75, 3.05) is 11.6 Å². The van der Waals surface area contributed by atoms with E-state index in [2.05, 4.69) is 9.97 Å². The summed E-state index contributed by atoms with van der Waals surface area (Å²) in [5.74, 6) is 6.53. The molecule has 0 unspecified atom stereocenters. The van der Waals surface area contributed by atoms with Gasteiger partial charge in [0.25, 0.3) is 0 Å². The lowest BCUT2D eigenvalue weighted by Crippen LogP contribution is -2.37. The largest absolute Gasteiger partial charge is 0.356 e. The first kappa shape index (κ1) is 14.5. The van der Waals surface area contributed by atoms with Crippen molar-refractivity contribution < 1.29 is 0 Å². The van der Waals surface area contributed by atoms with E-state index in [9.17, 15) is 4.79 Å². The van der Waals surface area contributed by atoms with Gasteiger partial charge in [0.15, 0.2) is 0 Å². The zero-order valence-electron chi connectivity index (χ0n) is 11.4. The topological polar surface area (TPSA) is 77.0 Å². The van der Waals surface area contributed by atoms with E-state index in [1.54, 1.807) is 31.2 Å². The SMILES string of the molecule is CCCN(N)c1nc(C)n(-c2cccc(Cl)c2)c(=O)n1. The Morgan fingerprint density at radius 2 is 2.15 bits per heavy atom. The number of hydrogen-bond donors (Lipinski definition) is 1. The molecular weight excluding hydrogens is 278 g/mol. The van der Waals surface area contributed by atoms with Crippen molar-refractivity contribution in [1.82, 2.24) is 14.5 Å². The molecule has 20 heavy (non-hydrogen) atoms. The molecule has 1 aromatic heterocycles. The van der Waals surface area contributed by atoms with Gasteiger partial charge >= 0.3 is 5.69 Å². The van der Waals surface area contributed by atoms with E-state index in [4.69, 9.17) is 17.4 Å². The number of rotatable bonds is 4. The van der Waals surface area contributed by atoms with E-state index in [1.807, 2.05) is 6.92 Å². The predicted molar refractivity (Wildman–Crippen MR) is 79.2 cm³/mol. The zero-order valence-corrected chi connectivity index (χ0v) is 12.1. The van der Waals surface area contributed by atoms with E-state index in [0.717, 1.165) is 6.42 Å². The number of anilines is 1. The van der Waals surface area contributed by atoms with Crippen LogP contribution >= 0.6 is 11.6 Å². The van der Waals surface area contributed by atoms with Crippen LogP contribution in [-0.4, -0.2) is 21.1 Å². The van der Waals surface area contributed by atoms with E-state index in [-0.39, 0.29) is 5.95 Å². The Balaban J connectivity index is 2.49. The van der Waals surface area contributed by atoms with Crippen molar-refractivity contribution in [2.45, 2.75) is 20.3 Å². The second-order valence-electron chi connectivity index (χ2n) is 4.36. The second kappa shape index (κ2) is 6.02. The minimum atomic E-state index is -0.429. The number of aryl methyl sites for hydroxylation is 1. The highest BCUT2D eigenvalue weighted by Gasteiger charge is 2.11. The molecule has 0 aliphatic heterocycles. The summed E-state index contributed by atoms with van der Waals surface area (Å²) in [6.07, 6.45) is 0.844. The normalized spacial score (nSPS) is 10.6. The van der Waals surface area contributed by atoms with E-state index in [1.165, 1.54) is 9.58 Å². The fourth-order valence-electron chi connectivity index (χ4n) is 1.88. The molecule has 0 bridgehead atoms. The summed E-state index contributed by atoms with van der Waals surface area (Å²) in [6.45, 7) is 4.30. The molecule has 0 atom stereocenters. The summed E-state index contributed by atoms with van der Waals surface area (Å²) in [4.78, 5) is 20.3. The number of benzene rings is 1. The smallest absolute Gasteiger partial charge is 0.279 e.